The molecule has 0 aliphatic rings. The Morgan fingerprint density at radius 3 is 2.92 bits per heavy atom. The van der Waals surface area contributed by atoms with Gasteiger partial charge in [0.05, 0.1) is 11.5 Å². The van der Waals surface area contributed by atoms with Crippen molar-refractivity contribution in [1.82, 2.24) is 4.37 Å². The van der Waals surface area contributed by atoms with Gasteiger partial charge in [0.25, 0.3) is 0 Å². The Balaban J connectivity index is 2.86. The van der Waals surface area contributed by atoms with Crippen molar-refractivity contribution in [3.63, 3.8) is 0 Å². The van der Waals surface area contributed by atoms with Crippen LogP contribution < -0.4 is 10.6 Å². The van der Waals surface area contributed by atoms with Crippen molar-refractivity contribution in [2.24, 2.45) is 0 Å². The summed E-state index contributed by atoms with van der Waals surface area (Å²) in [6, 6.07) is 0. The first-order valence-corrected chi connectivity index (χ1v) is 5.81. The number of rotatable bonds is 4. The zero-order valence-electron chi connectivity index (χ0n) is 7.65. The van der Waals surface area contributed by atoms with Crippen molar-refractivity contribution in [2.75, 3.05) is 37.1 Å². The van der Waals surface area contributed by atoms with Crippen LogP contribution in [0.25, 0.3) is 0 Å². The summed E-state index contributed by atoms with van der Waals surface area (Å²) in [6.07, 6.45) is 1.97. The highest BCUT2D eigenvalue weighted by Crippen LogP contribution is 2.36. The van der Waals surface area contributed by atoms with E-state index in [-0.39, 0.29) is 6.61 Å². The van der Waals surface area contributed by atoms with Gasteiger partial charge in [-0.05, 0) is 17.8 Å². The van der Waals surface area contributed by atoms with Crippen molar-refractivity contribution >= 4 is 34.1 Å². The van der Waals surface area contributed by atoms with Crippen LogP contribution in [0.5, 0.6) is 0 Å². The van der Waals surface area contributed by atoms with Gasteiger partial charge in [-0.25, -0.2) is 0 Å². The predicted octanol–water partition coefficient (Wildman–Crippen LogP) is 0.876. The third kappa shape index (κ3) is 2.26. The van der Waals surface area contributed by atoms with Gasteiger partial charge in [0.15, 0.2) is 5.82 Å². The third-order valence-corrected chi connectivity index (χ3v) is 3.56. The van der Waals surface area contributed by atoms with Crippen LogP contribution in [0, 0.1) is 0 Å². The Labute approximate surface area is 85.9 Å². The summed E-state index contributed by atoms with van der Waals surface area (Å²) in [4.78, 5) is 2.96. The zero-order valence-corrected chi connectivity index (χ0v) is 9.28. The van der Waals surface area contributed by atoms with Crippen LogP contribution in [-0.4, -0.2) is 35.9 Å². The lowest BCUT2D eigenvalue weighted by Crippen LogP contribution is -2.20. The molecule has 1 aromatic rings. The Morgan fingerprint density at radius 1 is 1.69 bits per heavy atom. The maximum atomic E-state index is 8.77. The molecule has 6 heteroatoms. The fourth-order valence-electron chi connectivity index (χ4n) is 0.971. The van der Waals surface area contributed by atoms with E-state index in [2.05, 4.69) is 4.37 Å². The highest BCUT2D eigenvalue weighted by Gasteiger charge is 2.13. The first kappa shape index (κ1) is 10.6. The number of aliphatic hydroxyl groups is 1. The molecular formula is C7H13N3OS2. The number of thioether (sulfide) groups is 1. The average Bonchev–Trinajstić information content (AvgIpc) is 2.47. The molecule has 0 radical (unpaired) electrons. The van der Waals surface area contributed by atoms with Gasteiger partial charge < -0.3 is 15.7 Å². The molecule has 4 nitrogen and oxygen atoms in total. The summed E-state index contributed by atoms with van der Waals surface area (Å²) in [5, 5.41) is 9.80. The van der Waals surface area contributed by atoms with E-state index in [0.717, 1.165) is 9.90 Å². The molecule has 0 aliphatic heterocycles. The molecule has 74 valence electrons. The molecular weight excluding hydrogens is 206 g/mol. The summed E-state index contributed by atoms with van der Waals surface area (Å²) in [5.41, 5.74) is 5.68. The minimum Gasteiger partial charge on any atom is -0.395 e. The highest BCUT2D eigenvalue weighted by molar-refractivity contribution is 7.99. The van der Waals surface area contributed by atoms with Gasteiger partial charge in [0, 0.05) is 13.6 Å². The second-order valence-electron chi connectivity index (χ2n) is 2.55. The van der Waals surface area contributed by atoms with E-state index < -0.39 is 0 Å². The Hall–Kier alpha value is -0.460. The number of aliphatic hydroxyl groups excluding tert-OH is 1. The van der Waals surface area contributed by atoms with Gasteiger partial charge in [-0.3, -0.25) is 0 Å². The Morgan fingerprint density at radius 2 is 2.38 bits per heavy atom. The van der Waals surface area contributed by atoms with Gasteiger partial charge in [0.2, 0.25) is 0 Å². The number of hydrogen-bond donors (Lipinski definition) is 2. The van der Waals surface area contributed by atoms with E-state index in [1.54, 1.807) is 11.8 Å². The van der Waals surface area contributed by atoms with Gasteiger partial charge >= 0.3 is 0 Å². The van der Waals surface area contributed by atoms with Gasteiger partial charge in [-0.15, -0.1) is 11.8 Å². The number of likely N-dealkylation sites (N-methyl/N-ethyl adjacent to an activating group) is 1. The van der Waals surface area contributed by atoms with Gasteiger partial charge in [-0.2, -0.15) is 4.37 Å². The first-order valence-electron chi connectivity index (χ1n) is 3.81. The number of hydrogen-bond acceptors (Lipinski definition) is 6. The van der Waals surface area contributed by atoms with E-state index in [0.29, 0.717) is 12.4 Å². The SMILES string of the molecule is CSc1c(N)nsc1N(C)CCO. The van der Waals surface area contributed by atoms with Crippen LogP contribution in [0.4, 0.5) is 10.8 Å². The second-order valence-corrected chi connectivity index (χ2v) is 4.12. The lowest BCUT2D eigenvalue weighted by atomic mass is 10.5. The van der Waals surface area contributed by atoms with Crippen molar-refractivity contribution < 1.29 is 5.11 Å². The minimum absolute atomic E-state index is 0.141. The summed E-state index contributed by atoms with van der Waals surface area (Å²) in [5.74, 6) is 0.581. The van der Waals surface area contributed by atoms with Crippen LogP contribution in [0.3, 0.4) is 0 Å². The molecule has 0 saturated carbocycles. The molecule has 0 aromatic carbocycles. The normalized spacial score (nSPS) is 10.4. The number of nitrogens with zero attached hydrogens (tertiary/aromatic N) is 2. The third-order valence-electron chi connectivity index (χ3n) is 1.64. The van der Waals surface area contributed by atoms with E-state index in [9.17, 15) is 0 Å². The molecule has 13 heavy (non-hydrogen) atoms. The standard InChI is InChI=1S/C7H13N3OS2/c1-10(3-4-11)7-5(12-2)6(8)9-13-7/h11H,3-4H2,1-2H3,(H2,8,9). The van der Waals surface area contributed by atoms with E-state index >= 15 is 0 Å². The number of nitrogen functional groups attached to an aromatic ring is 1. The molecule has 1 heterocycles. The summed E-state index contributed by atoms with van der Waals surface area (Å²) < 4.78 is 4.07. The smallest absolute Gasteiger partial charge is 0.153 e. The van der Waals surface area contributed by atoms with Crippen LogP contribution in [0.1, 0.15) is 0 Å². The molecule has 3 N–H and O–H groups in total. The van der Waals surface area contributed by atoms with Crippen molar-refractivity contribution in [3.8, 4) is 0 Å². The number of anilines is 2. The largest absolute Gasteiger partial charge is 0.395 e. The summed E-state index contributed by atoms with van der Waals surface area (Å²) in [6.45, 7) is 0.747. The van der Waals surface area contributed by atoms with Crippen LogP contribution in [0.15, 0.2) is 4.90 Å². The highest BCUT2D eigenvalue weighted by atomic mass is 32.2. The molecule has 0 bridgehead atoms. The molecule has 0 spiro atoms. The van der Waals surface area contributed by atoms with Crippen LogP contribution in [-0.2, 0) is 0 Å². The topological polar surface area (TPSA) is 62.4 Å². The van der Waals surface area contributed by atoms with E-state index in [1.807, 2.05) is 18.2 Å². The van der Waals surface area contributed by atoms with Crippen molar-refractivity contribution in [3.05, 3.63) is 0 Å². The molecule has 0 aliphatic carbocycles. The first-order chi connectivity index (χ1) is 6.20. The van der Waals surface area contributed by atoms with E-state index in [1.165, 1.54) is 11.5 Å². The van der Waals surface area contributed by atoms with Crippen LogP contribution in [0.2, 0.25) is 0 Å². The van der Waals surface area contributed by atoms with E-state index in [4.69, 9.17) is 10.8 Å². The molecule has 0 atom stereocenters. The molecule has 0 unspecified atom stereocenters. The lowest BCUT2D eigenvalue weighted by Gasteiger charge is -2.15. The fourth-order valence-corrected chi connectivity index (χ4v) is 2.67. The maximum Gasteiger partial charge on any atom is 0.153 e. The zero-order chi connectivity index (χ0) is 9.84. The fraction of sp³-hybridized carbons (Fsp3) is 0.571. The van der Waals surface area contributed by atoms with Crippen molar-refractivity contribution in [2.45, 2.75) is 4.90 Å². The quantitative estimate of drug-likeness (QED) is 0.736. The second kappa shape index (κ2) is 4.69. The molecule has 0 fully saturated rings. The summed E-state index contributed by atoms with van der Waals surface area (Å²) >= 11 is 2.95. The predicted molar refractivity (Wildman–Crippen MR) is 58.7 cm³/mol. The minimum atomic E-state index is 0.141. The lowest BCUT2D eigenvalue weighted by molar-refractivity contribution is 0.304. The van der Waals surface area contributed by atoms with Crippen molar-refractivity contribution in [1.29, 1.82) is 0 Å². The molecule has 1 aromatic heterocycles. The molecule has 1 rings (SSSR count). The summed E-state index contributed by atoms with van der Waals surface area (Å²) in [7, 11) is 1.92. The number of nitrogens with two attached hydrogens (primary N) is 1. The van der Waals surface area contributed by atoms with Gasteiger partial charge in [0.1, 0.15) is 5.00 Å². The monoisotopic (exact) mass is 219 g/mol. The van der Waals surface area contributed by atoms with Gasteiger partial charge in [-0.1, -0.05) is 0 Å². The molecule has 0 amide bonds. The van der Waals surface area contributed by atoms with Crippen LogP contribution >= 0.6 is 23.3 Å². The maximum absolute atomic E-state index is 8.77. The number of aromatic nitrogens is 1. The molecule has 0 saturated heterocycles. The average molecular weight is 219 g/mol. The Bertz CT molecular complexity index is 277. The Kier molecular flexibility index (Phi) is 3.83.